The average molecular weight is 495 g/mol. The van der Waals surface area contributed by atoms with Crippen molar-refractivity contribution in [2.45, 2.75) is 45.1 Å². The SMILES string of the molecule is Cc1ccc(-c2ncn(C3CCCCC3)c2-c2ccc(C(=O)N3CCN(c4ccccc4)CC3)o2)cc1. The number of para-hydroxylation sites is 1. The van der Waals surface area contributed by atoms with Crippen LogP contribution in [0.15, 0.2) is 77.5 Å². The van der Waals surface area contributed by atoms with Crippen molar-refractivity contribution < 1.29 is 9.21 Å². The number of furan rings is 1. The van der Waals surface area contributed by atoms with Gasteiger partial charge in [0.05, 0.1) is 12.0 Å². The van der Waals surface area contributed by atoms with Crippen molar-refractivity contribution in [1.29, 1.82) is 0 Å². The number of rotatable bonds is 5. The lowest BCUT2D eigenvalue weighted by molar-refractivity contribution is 0.0715. The minimum Gasteiger partial charge on any atom is -0.449 e. The molecule has 1 saturated carbocycles. The molecule has 6 nitrogen and oxygen atoms in total. The van der Waals surface area contributed by atoms with Crippen LogP contribution in [0.5, 0.6) is 0 Å². The Kier molecular flexibility index (Phi) is 6.56. The lowest BCUT2D eigenvalue weighted by Gasteiger charge is -2.35. The van der Waals surface area contributed by atoms with Gasteiger partial charge in [0.15, 0.2) is 11.5 Å². The van der Waals surface area contributed by atoms with E-state index in [1.807, 2.05) is 29.4 Å². The van der Waals surface area contributed by atoms with Crippen molar-refractivity contribution in [1.82, 2.24) is 14.5 Å². The molecule has 4 aromatic rings. The molecule has 6 rings (SSSR count). The Bertz CT molecular complexity index is 1340. The van der Waals surface area contributed by atoms with Gasteiger partial charge < -0.3 is 18.8 Å². The first-order chi connectivity index (χ1) is 18.2. The predicted molar refractivity (Wildman–Crippen MR) is 147 cm³/mol. The van der Waals surface area contributed by atoms with Gasteiger partial charge >= 0.3 is 0 Å². The van der Waals surface area contributed by atoms with Crippen LogP contribution in [0, 0.1) is 6.92 Å². The quantitative estimate of drug-likeness (QED) is 0.314. The molecule has 2 fully saturated rings. The van der Waals surface area contributed by atoms with E-state index >= 15 is 0 Å². The summed E-state index contributed by atoms with van der Waals surface area (Å²) in [4.78, 5) is 22.5. The number of hydrogen-bond acceptors (Lipinski definition) is 4. The fraction of sp³-hybridized carbons (Fsp3) is 0.355. The van der Waals surface area contributed by atoms with Crippen LogP contribution in [-0.2, 0) is 0 Å². The molecule has 37 heavy (non-hydrogen) atoms. The van der Waals surface area contributed by atoms with E-state index in [0.717, 1.165) is 42.9 Å². The van der Waals surface area contributed by atoms with E-state index in [4.69, 9.17) is 9.40 Å². The summed E-state index contributed by atoms with van der Waals surface area (Å²) >= 11 is 0. The Morgan fingerprint density at radius 2 is 1.59 bits per heavy atom. The van der Waals surface area contributed by atoms with Gasteiger partial charge in [-0.05, 0) is 44.0 Å². The van der Waals surface area contributed by atoms with E-state index in [0.29, 0.717) is 30.7 Å². The first-order valence-corrected chi connectivity index (χ1v) is 13.5. The van der Waals surface area contributed by atoms with Crippen molar-refractivity contribution in [2.75, 3.05) is 31.1 Å². The number of piperazine rings is 1. The van der Waals surface area contributed by atoms with E-state index in [-0.39, 0.29) is 5.91 Å². The topological polar surface area (TPSA) is 54.5 Å². The van der Waals surface area contributed by atoms with E-state index in [2.05, 4.69) is 64.9 Å². The zero-order valence-corrected chi connectivity index (χ0v) is 21.5. The number of anilines is 1. The second-order valence-corrected chi connectivity index (χ2v) is 10.3. The number of carbonyl (C=O) groups is 1. The molecule has 2 aromatic heterocycles. The zero-order valence-electron chi connectivity index (χ0n) is 21.5. The number of hydrogen-bond donors (Lipinski definition) is 0. The lowest BCUT2D eigenvalue weighted by Crippen LogP contribution is -2.48. The maximum atomic E-state index is 13.4. The molecule has 0 bridgehead atoms. The van der Waals surface area contributed by atoms with E-state index < -0.39 is 0 Å². The smallest absolute Gasteiger partial charge is 0.289 e. The molecule has 1 amide bonds. The normalized spacial score (nSPS) is 16.8. The largest absolute Gasteiger partial charge is 0.449 e. The maximum absolute atomic E-state index is 13.4. The van der Waals surface area contributed by atoms with Crippen molar-refractivity contribution >= 4 is 11.6 Å². The van der Waals surface area contributed by atoms with Crippen LogP contribution in [-0.4, -0.2) is 46.5 Å². The second kappa shape index (κ2) is 10.3. The fourth-order valence-corrected chi connectivity index (χ4v) is 5.71. The predicted octanol–water partition coefficient (Wildman–Crippen LogP) is 6.59. The van der Waals surface area contributed by atoms with Crippen LogP contribution in [0.2, 0.25) is 0 Å². The Morgan fingerprint density at radius 1 is 0.865 bits per heavy atom. The van der Waals surface area contributed by atoms with Gasteiger partial charge in [-0.15, -0.1) is 0 Å². The molecule has 2 aromatic carbocycles. The van der Waals surface area contributed by atoms with Crippen molar-refractivity contribution in [2.24, 2.45) is 0 Å². The molecule has 6 heteroatoms. The standard InChI is InChI=1S/C31H34N4O2/c1-23-12-14-24(15-13-23)29-30(35(22-32-29)26-10-6-3-7-11-26)27-16-17-28(37-27)31(36)34-20-18-33(19-21-34)25-8-4-2-5-9-25/h2,4-5,8-9,12-17,22,26H,3,6-7,10-11,18-21H2,1H3. The van der Waals surface area contributed by atoms with Gasteiger partial charge in [-0.3, -0.25) is 4.79 Å². The average Bonchev–Trinajstić information content (AvgIpc) is 3.62. The molecule has 1 aliphatic heterocycles. The number of amides is 1. The molecule has 190 valence electrons. The summed E-state index contributed by atoms with van der Waals surface area (Å²) in [5.41, 5.74) is 5.38. The monoisotopic (exact) mass is 494 g/mol. The summed E-state index contributed by atoms with van der Waals surface area (Å²) in [6, 6.07) is 23.0. The molecule has 1 aliphatic carbocycles. The molecular weight excluding hydrogens is 460 g/mol. The number of aromatic nitrogens is 2. The van der Waals surface area contributed by atoms with Crippen LogP contribution in [0.25, 0.3) is 22.7 Å². The van der Waals surface area contributed by atoms with Gasteiger partial charge in [-0.1, -0.05) is 67.3 Å². The van der Waals surface area contributed by atoms with Crippen LogP contribution >= 0.6 is 0 Å². The summed E-state index contributed by atoms with van der Waals surface area (Å²) < 4.78 is 8.60. The highest BCUT2D eigenvalue weighted by Gasteiger charge is 2.28. The Labute approximate surface area is 218 Å². The molecule has 0 radical (unpaired) electrons. The molecule has 0 spiro atoms. The molecule has 0 unspecified atom stereocenters. The fourth-order valence-electron chi connectivity index (χ4n) is 5.71. The Balaban J connectivity index is 1.26. The number of carbonyl (C=O) groups excluding carboxylic acids is 1. The summed E-state index contributed by atoms with van der Waals surface area (Å²) in [6.07, 6.45) is 8.03. The number of imidazole rings is 1. The highest BCUT2D eigenvalue weighted by Crippen LogP contribution is 2.38. The van der Waals surface area contributed by atoms with Gasteiger partial charge in [0.25, 0.3) is 5.91 Å². The maximum Gasteiger partial charge on any atom is 0.289 e. The summed E-state index contributed by atoms with van der Waals surface area (Å²) in [5.74, 6) is 1.07. The molecule has 3 heterocycles. The molecule has 0 atom stereocenters. The minimum atomic E-state index is -0.0421. The van der Waals surface area contributed by atoms with Crippen LogP contribution in [0.1, 0.15) is 54.3 Å². The van der Waals surface area contributed by atoms with Crippen molar-refractivity contribution in [3.05, 3.63) is 84.4 Å². The molecule has 0 N–H and O–H groups in total. The van der Waals surface area contributed by atoms with Crippen molar-refractivity contribution in [3.63, 3.8) is 0 Å². The molecule has 1 saturated heterocycles. The Morgan fingerprint density at radius 3 is 2.32 bits per heavy atom. The number of aryl methyl sites for hydroxylation is 1. The van der Waals surface area contributed by atoms with Gasteiger partial charge in [0.1, 0.15) is 5.69 Å². The molecule has 2 aliphatic rings. The van der Waals surface area contributed by atoms with Crippen LogP contribution < -0.4 is 4.90 Å². The third-order valence-corrected chi connectivity index (χ3v) is 7.83. The highest BCUT2D eigenvalue weighted by molar-refractivity contribution is 5.92. The Hall–Kier alpha value is -3.80. The summed E-state index contributed by atoms with van der Waals surface area (Å²) in [6.45, 7) is 5.08. The third kappa shape index (κ3) is 4.80. The van der Waals surface area contributed by atoms with E-state index in [9.17, 15) is 4.79 Å². The van der Waals surface area contributed by atoms with Crippen LogP contribution in [0.3, 0.4) is 0 Å². The zero-order chi connectivity index (χ0) is 25.2. The molecular formula is C31H34N4O2. The van der Waals surface area contributed by atoms with Crippen LogP contribution in [0.4, 0.5) is 5.69 Å². The van der Waals surface area contributed by atoms with E-state index in [1.54, 1.807) is 0 Å². The van der Waals surface area contributed by atoms with Gasteiger partial charge in [-0.25, -0.2) is 4.98 Å². The van der Waals surface area contributed by atoms with Crippen molar-refractivity contribution in [3.8, 4) is 22.7 Å². The first-order valence-electron chi connectivity index (χ1n) is 13.5. The second-order valence-electron chi connectivity index (χ2n) is 10.3. The highest BCUT2D eigenvalue weighted by atomic mass is 16.4. The number of nitrogens with zero attached hydrogens (tertiary/aromatic N) is 4. The summed E-state index contributed by atoms with van der Waals surface area (Å²) in [7, 11) is 0. The van der Waals surface area contributed by atoms with Gasteiger partial charge in [0, 0.05) is 43.5 Å². The lowest BCUT2D eigenvalue weighted by atomic mass is 9.95. The van der Waals surface area contributed by atoms with Gasteiger partial charge in [-0.2, -0.15) is 0 Å². The summed E-state index contributed by atoms with van der Waals surface area (Å²) in [5, 5.41) is 0. The van der Waals surface area contributed by atoms with Gasteiger partial charge in [0.2, 0.25) is 0 Å². The minimum absolute atomic E-state index is 0.0421. The first kappa shape index (κ1) is 23.6. The third-order valence-electron chi connectivity index (χ3n) is 7.83. The number of benzene rings is 2. The van der Waals surface area contributed by atoms with E-state index in [1.165, 1.54) is 30.5 Å².